The number of halogens is 3. The smallest absolute Gasteiger partial charge is 0.148 e. The highest BCUT2D eigenvalue weighted by Crippen LogP contribution is 2.37. The fourth-order valence-corrected chi connectivity index (χ4v) is 3.13. The second-order valence-electron chi connectivity index (χ2n) is 4.96. The molecule has 0 saturated heterocycles. The maximum Gasteiger partial charge on any atom is 0.148 e. The van der Waals surface area contributed by atoms with E-state index in [-0.39, 0.29) is 10.9 Å². The van der Waals surface area contributed by atoms with Crippen LogP contribution >= 0.6 is 27.5 Å². The molecule has 0 aromatic heterocycles. The number of aliphatic hydroxyl groups excluding tert-OH is 1. The van der Waals surface area contributed by atoms with E-state index < -0.39 is 11.9 Å². The van der Waals surface area contributed by atoms with Crippen LogP contribution in [0.1, 0.15) is 50.2 Å². The van der Waals surface area contributed by atoms with Gasteiger partial charge in [0.25, 0.3) is 0 Å². The summed E-state index contributed by atoms with van der Waals surface area (Å²) >= 11 is 9.05. The minimum atomic E-state index is -0.742. The minimum absolute atomic E-state index is 0.0557. The fourth-order valence-electron chi connectivity index (χ4n) is 2.65. The molecule has 4 heteroatoms. The summed E-state index contributed by atoms with van der Waals surface area (Å²) in [6, 6.07) is 3.32. The number of aliphatic hydroxyl groups is 1. The Hall–Kier alpha value is -0.120. The number of hydrogen-bond acceptors (Lipinski definition) is 1. The zero-order valence-electron chi connectivity index (χ0n) is 10.1. The highest BCUT2D eigenvalue weighted by molar-refractivity contribution is 9.10. The third-order valence-corrected chi connectivity index (χ3v) is 4.99. The van der Waals surface area contributed by atoms with Crippen LogP contribution in [0.15, 0.2) is 16.6 Å². The van der Waals surface area contributed by atoms with Crippen molar-refractivity contribution < 1.29 is 9.50 Å². The second-order valence-corrected chi connectivity index (χ2v) is 6.19. The zero-order chi connectivity index (χ0) is 13.1. The summed E-state index contributed by atoms with van der Waals surface area (Å²) < 4.78 is 14.6. The van der Waals surface area contributed by atoms with Crippen molar-refractivity contribution in [3.63, 3.8) is 0 Å². The molecule has 1 nitrogen and oxygen atoms in total. The third kappa shape index (κ3) is 3.06. The number of benzene rings is 1. The molecule has 0 heterocycles. The summed E-state index contributed by atoms with van der Waals surface area (Å²) in [6.45, 7) is 0. The van der Waals surface area contributed by atoms with E-state index in [0.717, 1.165) is 25.7 Å². The molecule has 1 N–H and O–H groups in total. The van der Waals surface area contributed by atoms with Gasteiger partial charge in [-0.25, -0.2) is 4.39 Å². The van der Waals surface area contributed by atoms with Crippen LogP contribution in [0.2, 0.25) is 5.02 Å². The molecule has 1 aromatic carbocycles. The second kappa shape index (κ2) is 6.36. The van der Waals surface area contributed by atoms with Crippen LogP contribution in [0.4, 0.5) is 4.39 Å². The molecule has 1 fully saturated rings. The monoisotopic (exact) mass is 334 g/mol. The molecule has 1 aliphatic carbocycles. The summed E-state index contributed by atoms with van der Waals surface area (Å²) in [5, 5.41) is 10.4. The van der Waals surface area contributed by atoms with Gasteiger partial charge in [0.2, 0.25) is 0 Å². The third-order valence-electron chi connectivity index (χ3n) is 3.73. The number of rotatable bonds is 2. The first-order valence-corrected chi connectivity index (χ1v) is 7.60. The van der Waals surface area contributed by atoms with Gasteiger partial charge in [0.05, 0.1) is 11.1 Å². The first-order chi connectivity index (χ1) is 8.61. The molecule has 0 radical (unpaired) electrons. The van der Waals surface area contributed by atoms with E-state index in [4.69, 9.17) is 11.6 Å². The van der Waals surface area contributed by atoms with Crippen molar-refractivity contribution in [3.05, 3.63) is 33.0 Å². The van der Waals surface area contributed by atoms with Gasteiger partial charge in [0, 0.05) is 10.0 Å². The van der Waals surface area contributed by atoms with Gasteiger partial charge < -0.3 is 5.11 Å². The summed E-state index contributed by atoms with van der Waals surface area (Å²) in [6.07, 6.45) is 5.86. The van der Waals surface area contributed by atoms with Crippen LogP contribution in [0.3, 0.4) is 0 Å². The normalized spacial score (nSPS) is 19.6. The van der Waals surface area contributed by atoms with Gasteiger partial charge in [0.1, 0.15) is 5.82 Å². The van der Waals surface area contributed by atoms with Crippen molar-refractivity contribution in [2.45, 2.75) is 44.6 Å². The molecule has 0 amide bonds. The van der Waals surface area contributed by atoms with Crippen LogP contribution in [-0.2, 0) is 0 Å². The largest absolute Gasteiger partial charge is 0.388 e. The molecular weight excluding hydrogens is 319 g/mol. The Morgan fingerprint density at radius 1 is 1.22 bits per heavy atom. The molecule has 100 valence electrons. The highest BCUT2D eigenvalue weighted by atomic mass is 79.9. The lowest BCUT2D eigenvalue weighted by Crippen LogP contribution is -2.13. The Balaban J connectivity index is 2.22. The zero-order valence-corrected chi connectivity index (χ0v) is 12.5. The summed E-state index contributed by atoms with van der Waals surface area (Å²) in [5.41, 5.74) is 0.329. The lowest BCUT2D eigenvalue weighted by molar-refractivity contribution is 0.0952. The van der Waals surface area contributed by atoms with Gasteiger partial charge in [-0.15, -0.1) is 0 Å². The Kier molecular flexibility index (Phi) is 5.05. The Bertz CT molecular complexity index is 417. The van der Waals surface area contributed by atoms with Gasteiger partial charge in [-0.05, 0) is 40.8 Å². The molecule has 2 rings (SSSR count). The van der Waals surface area contributed by atoms with Crippen molar-refractivity contribution in [1.29, 1.82) is 0 Å². The van der Waals surface area contributed by atoms with Crippen LogP contribution in [0.5, 0.6) is 0 Å². The topological polar surface area (TPSA) is 20.2 Å². The van der Waals surface area contributed by atoms with Crippen LogP contribution in [0, 0.1) is 11.7 Å². The predicted molar refractivity (Wildman–Crippen MR) is 75.3 cm³/mol. The van der Waals surface area contributed by atoms with Crippen LogP contribution in [-0.4, -0.2) is 5.11 Å². The van der Waals surface area contributed by atoms with E-state index in [1.54, 1.807) is 12.1 Å². The van der Waals surface area contributed by atoms with Gasteiger partial charge in [-0.1, -0.05) is 43.4 Å². The van der Waals surface area contributed by atoms with Crippen molar-refractivity contribution in [2.75, 3.05) is 0 Å². The fraction of sp³-hybridized carbons (Fsp3) is 0.571. The maximum atomic E-state index is 14.0. The molecule has 1 aromatic rings. The van der Waals surface area contributed by atoms with E-state index in [1.165, 1.54) is 12.8 Å². The van der Waals surface area contributed by atoms with Gasteiger partial charge in [-0.3, -0.25) is 0 Å². The quantitative estimate of drug-likeness (QED) is 0.578. The van der Waals surface area contributed by atoms with Gasteiger partial charge >= 0.3 is 0 Å². The molecule has 18 heavy (non-hydrogen) atoms. The van der Waals surface area contributed by atoms with Crippen LogP contribution in [0.25, 0.3) is 0 Å². The van der Waals surface area contributed by atoms with E-state index in [0.29, 0.717) is 10.0 Å². The molecule has 0 bridgehead atoms. The molecule has 1 aliphatic rings. The summed E-state index contributed by atoms with van der Waals surface area (Å²) in [7, 11) is 0. The minimum Gasteiger partial charge on any atom is -0.388 e. The molecule has 1 unspecified atom stereocenters. The molecular formula is C14H17BrClFO. The summed E-state index contributed by atoms with van der Waals surface area (Å²) in [4.78, 5) is 0. The Morgan fingerprint density at radius 3 is 2.44 bits per heavy atom. The first kappa shape index (κ1) is 14.3. The first-order valence-electron chi connectivity index (χ1n) is 6.42. The number of hydrogen-bond donors (Lipinski definition) is 1. The van der Waals surface area contributed by atoms with E-state index >= 15 is 0 Å². The standard InChI is InChI=1S/C14H17BrClFO/c15-11-8-7-10(13(17)12(11)16)14(18)9-5-3-1-2-4-6-9/h7-9,14,18H,1-6H2. The van der Waals surface area contributed by atoms with E-state index in [9.17, 15) is 9.50 Å². The Labute approximate surface area is 120 Å². The average molecular weight is 336 g/mol. The van der Waals surface area contributed by atoms with Crippen molar-refractivity contribution in [3.8, 4) is 0 Å². The molecule has 0 spiro atoms. The van der Waals surface area contributed by atoms with Crippen LogP contribution < -0.4 is 0 Å². The van der Waals surface area contributed by atoms with E-state index in [1.807, 2.05) is 0 Å². The van der Waals surface area contributed by atoms with E-state index in [2.05, 4.69) is 15.9 Å². The summed E-state index contributed by atoms with van der Waals surface area (Å²) in [5.74, 6) is -0.345. The van der Waals surface area contributed by atoms with Crippen molar-refractivity contribution in [1.82, 2.24) is 0 Å². The lowest BCUT2D eigenvalue weighted by Gasteiger charge is -2.22. The molecule has 1 saturated carbocycles. The van der Waals surface area contributed by atoms with Gasteiger partial charge in [-0.2, -0.15) is 0 Å². The molecule has 0 aliphatic heterocycles. The Morgan fingerprint density at radius 2 is 1.83 bits per heavy atom. The maximum absolute atomic E-state index is 14.0. The van der Waals surface area contributed by atoms with Crippen molar-refractivity contribution >= 4 is 27.5 Å². The SMILES string of the molecule is OC(c1ccc(Br)c(Cl)c1F)C1CCCCCC1. The predicted octanol–water partition coefficient (Wildman–Crippen LogP) is 5.25. The average Bonchev–Trinajstić information content (AvgIpc) is 2.64. The highest BCUT2D eigenvalue weighted by Gasteiger charge is 2.25. The van der Waals surface area contributed by atoms with Gasteiger partial charge in [0.15, 0.2) is 0 Å². The van der Waals surface area contributed by atoms with Crippen molar-refractivity contribution in [2.24, 2.45) is 5.92 Å². The lowest BCUT2D eigenvalue weighted by atomic mass is 9.89. The molecule has 1 atom stereocenters.